The Hall–Kier alpha value is -2.70. The molecule has 3 rings (SSSR count). The average Bonchev–Trinajstić information content (AvgIpc) is 2.82. The number of rotatable bonds is 3. The summed E-state index contributed by atoms with van der Waals surface area (Å²) >= 11 is 0. The Bertz CT molecular complexity index is 974. The second kappa shape index (κ2) is 5.93. The zero-order valence-corrected chi connectivity index (χ0v) is 15.0. The third kappa shape index (κ3) is 3.21. The molecular weight excluding hydrogens is 343 g/mol. The number of benzene rings is 2. The standard InChI is InChI=1S/C19H20F3N3O/c1-11-9-13(6-7-14(11)19(20,21)22)26-18(2,3)17-24-15-10-12(23)5-8-16(15)25(17)4/h5-10H,23H2,1-4H3. The number of nitrogens with zero attached hydrogens (tertiary/aromatic N) is 2. The van der Waals surface area contributed by atoms with E-state index in [0.29, 0.717) is 17.3 Å². The molecule has 1 aromatic heterocycles. The largest absolute Gasteiger partial charge is 0.480 e. The number of imidazole rings is 1. The minimum Gasteiger partial charge on any atom is -0.480 e. The van der Waals surface area contributed by atoms with Gasteiger partial charge >= 0.3 is 6.18 Å². The molecule has 26 heavy (non-hydrogen) atoms. The fourth-order valence-electron chi connectivity index (χ4n) is 3.11. The molecule has 0 aliphatic carbocycles. The minimum absolute atomic E-state index is 0.114. The van der Waals surface area contributed by atoms with E-state index in [9.17, 15) is 13.2 Å². The normalized spacial score (nSPS) is 12.6. The Labute approximate surface area is 149 Å². The van der Waals surface area contributed by atoms with Crippen LogP contribution in [0.25, 0.3) is 11.0 Å². The highest BCUT2D eigenvalue weighted by atomic mass is 19.4. The van der Waals surface area contributed by atoms with Gasteiger partial charge in [-0.2, -0.15) is 13.2 Å². The van der Waals surface area contributed by atoms with E-state index in [-0.39, 0.29) is 5.56 Å². The van der Waals surface area contributed by atoms with Gasteiger partial charge in [0, 0.05) is 12.7 Å². The van der Waals surface area contributed by atoms with Crippen molar-refractivity contribution in [2.45, 2.75) is 32.5 Å². The summed E-state index contributed by atoms with van der Waals surface area (Å²) in [6, 6.07) is 9.21. The van der Waals surface area contributed by atoms with Crippen molar-refractivity contribution < 1.29 is 17.9 Å². The Kier molecular flexibility index (Phi) is 4.13. The van der Waals surface area contributed by atoms with Crippen LogP contribution in [0.4, 0.5) is 18.9 Å². The summed E-state index contributed by atoms with van der Waals surface area (Å²) in [6.07, 6.45) is -4.38. The first kappa shape index (κ1) is 18.1. The maximum absolute atomic E-state index is 12.9. The number of hydrogen-bond acceptors (Lipinski definition) is 3. The number of fused-ring (bicyclic) bond motifs is 1. The van der Waals surface area contributed by atoms with Gasteiger partial charge in [0.1, 0.15) is 5.75 Å². The second-order valence-electron chi connectivity index (χ2n) is 6.83. The van der Waals surface area contributed by atoms with Crippen LogP contribution in [0.1, 0.15) is 30.8 Å². The van der Waals surface area contributed by atoms with Gasteiger partial charge < -0.3 is 15.0 Å². The molecule has 0 aliphatic heterocycles. The Morgan fingerprint density at radius 2 is 1.77 bits per heavy atom. The van der Waals surface area contributed by atoms with Crippen LogP contribution in [0.15, 0.2) is 36.4 Å². The quantitative estimate of drug-likeness (QED) is 0.680. The summed E-state index contributed by atoms with van der Waals surface area (Å²) < 4.78 is 46.7. The third-order valence-corrected chi connectivity index (χ3v) is 4.32. The maximum atomic E-state index is 12.9. The number of halogens is 3. The molecule has 0 saturated carbocycles. The first-order chi connectivity index (χ1) is 12.0. The molecular formula is C19H20F3N3O. The van der Waals surface area contributed by atoms with Crippen LogP contribution in [0.5, 0.6) is 5.75 Å². The molecule has 0 spiro atoms. The first-order valence-corrected chi connectivity index (χ1v) is 8.08. The van der Waals surface area contributed by atoms with Gasteiger partial charge in [-0.05, 0) is 62.7 Å². The molecule has 2 N–H and O–H groups in total. The number of anilines is 1. The lowest BCUT2D eigenvalue weighted by atomic mass is 10.1. The van der Waals surface area contributed by atoms with Crippen molar-refractivity contribution in [1.29, 1.82) is 0 Å². The monoisotopic (exact) mass is 363 g/mol. The molecule has 0 amide bonds. The first-order valence-electron chi connectivity index (χ1n) is 8.08. The molecule has 4 nitrogen and oxygen atoms in total. The van der Waals surface area contributed by atoms with Crippen molar-refractivity contribution in [1.82, 2.24) is 9.55 Å². The van der Waals surface area contributed by atoms with Crippen LogP contribution in [-0.4, -0.2) is 9.55 Å². The lowest BCUT2D eigenvalue weighted by Gasteiger charge is -2.26. The zero-order chi connectivity index (χ0) is 19.3. The van der Waals surface area contributed by atoms with Crippen LogP contribution in [-0.2, 0) is 18.8 Å². The van der Waals surface area contributed by atoms with Crippen LogP contribution >= 0.6 is 0 Å². The zero-order valence-electron chi connectivity index (χ0n) is 15.0. The number of aromatic nitrogens is 2. The SMILES string of the molecule is Cc1cc(OC(C)(C)c2nc3cc(N)ccc3n2C)ccc1C(F)(F)F. The topological polar surface area (TPSA) is 53.1 Å². The highest BCUT2D eigenvalue weighted by molar-refractivity contribution is 5.79. The number of aryl methyl sites for hydroxylation is 2. The Morgan fingerprint density at radius 1 is 1.08 bits per heavy atom. The summed E-state index contributed by atoms with van der Waals surface area (Å²) in [5.74, 6) is 1.00. The number of alkyl halides is 3. The van der Waals surface area contributed by atoms with Gasteiger partial charge in [-0.3, -0.25) is 0 Å². The van der Waals surface area contributed by atoms with E-state index in [1.165, 1.54) is 19.1 Å². The fraction of sp³-hybridized carbons (Fsp3) is 0.316. The second-order valence-corrected chi connectivity index (χ2v) is 6.83. The van der Waals surface area contributed by atoms with Crippen molar-refractivity contribution in [3.05, 3.63) is 53.3 Å². The van der Waals surface area contributed by atoms with Gasteiger partial charge in [0.25, 0.3) is 0 Å². The summed E-state index contributed by atoms with van der Waals surface area (Å²) in [5.41, 5.74) is 6.65. The minimum atomic E-state index is -4.38. The summed E-state index contributed by atoms with van der Waals surface area (Å²) in [6.45, 7) is 5.07. The van der Waals surface area contributed by atoms with Crippen molar-refractivity contribution in [2.75, 3.05) is 5.73 Å². The molecule has 1 heterocycles. The highest BCUT2D eigenvalue weighted by Gasteiger charge is 2.33. The van der Waals surface area contributed by atoms with Crippen LogP contribution in [0, 0.1) is 6.92 Å². The third-order valence-electron chi connectivity index (χ3n) is 4.32. The van der Waals surface area contributed by atoms with Gasteiger partial charge in [0.05, 0.1) is 16.6 Å². The van der Waals surface area contributed by atoms with E-state index in [1.807, 2.05) is 31.5 Å². The van der Waals surface area contributed by atoms with E-state index in [0.717, 1.165) is 17.1 Å². The molecule has 138 valence electrons. The maximum Gasteiger partial charge on any atom is 0.416 e. The van der Waals surface area contributed by atoms with E-state index >= 15 is 0 Å². The summed E-state index contributed by atoms with van der Waals surface area (Å²) in [7, 11) is 1.87. The van der Waals surface area contributed by atoms with Crippen LogP contribution in [0.3, 0.4) is 0 Å². The predicted octanol–water partition coefficient (Wildman–Crippen LogP) is 4.80. The van der Waals surface area contributed by atoms with Crippen LogP contribution in [0.2, 0.25) is 0 Å². The molecule has 2 aromatic carbocycles. The Morgan fingerprint density at radius 3 is 2.38 bits per heavy atom. The average molecular weight is 363 g/mol. The van der Waals surface area contributed by atoms with Crippen molar-refractivity contribution >= 4 is 16.7 Å². The molecule has 0 saturated heterocycles. The van der Waals surface area contributed by atoms with E-state index < -0.39 is 17.3 Å². The molecule has 0 radical (unpaired) electrons. The molecule has 7 heteroatoms. The summed E-state index contributed by atoms with van der Waals surface area (Å²) in [4.78, 5) is 4.60. The summed E-state index contributed by atoms with van der Waals surface area (Å²) in [5, 5.41) is 0. The van der Waals surface area contributed by atoms with Gasteiger partial charge in [0.2, 0.25) is 0 Å². The van der Waals surface area contributed by atoms with Crippen molar-refractivity contribution in [3.8, 4) is 5.75 Å². The number of ether oxygens (including phenoxy) is 1. The van der Waals surface area contributed by atoms with E-state index in [1.54, 1.807) is 12.1 Å². The van der Waals surface area contributed by atoms with Gasteiger partial charge in [-0.25, -0.2) is 4.98 Å². The Balaban J connectivity index is 1.97. The van der Waals surface area contributed by atoms with Crippen molar-refractivity contribution in [3.63, 3.8) is 0 Å². The smallest absolute Gasteiger partial charge is 0.416 e. The predicted molar refractivity (Wildman–Crippen MR) is 95.0 cm³/mol. The van der Waals surface area contributed by atoms with Gasteiger partial charge in [0.15, 0.2) is 11.4 Å². The lowest BCUT2D eigenvalue weighted by Crippen LogP contribution is -2.29. The van der Waals surface area contributed by atoms with Gasteiger partial charge in [-0.15, -0.1) is 0 Å². The number of hydrogen-bond donors (Lipinski definition) is 1. The van der Waals surface area contributed by atoms with E-state index in [2.05, 4.69) is 4.98 Å². The molecule has 0 bridgehead atoms. The van der Waals surface area contributed by atoms with E-state index in [4.69, 9.17) is 10.5 Å². The number of nitrogen functional groups attached to an aromatic ring is 1. The highest BCUT2D eigenvalue weighted by Crippen LogP contribution is 2.35. The lowest BCUT2D eigenvalue weighted by molar-refractivity contribution is -0.138. The van der Waals surface area contributed by atoms with Crippen LogP contribution < -0.4 is 10.5 Å². The molecule has 0 unspecified atom stereocenters. The molecule has 3 aromatic rings. The molecule has 0 fully saturated rings. The van der Waals surface area contributed by atoms with Crippen molar-refractivity contribution in [2.24, 2.45) is 7.05 Å². The number of nitrogens with two attached hydrogens (primary N) is 1. The molecule has 0 atom stereocenters. The fourth-order valence-corrected chi connectivity index (χ4v) is 3.11. The van der Waals surface area contributed by atoms with Gasteiger partial charge in [-0.1, -0.05) is 0 Å². The molecule has 0 aliphatic rings.